The van der Waals surface area contributed by atoms with Gasteiger partial charge < -0.3 is 24.4 Å². The Kier molecular flexibility index (Phi) is 8.81. The van der Waals surface area contributed by atoms with Gasteiger partial charge >= 0.3 is 5.97 Å². The molecule has 3 heterocycles. The first-order chi connectivity index (χ1) is 16.8. The van der Waals surface area contributed by atoms with Crippen molar-refractivity contribution in [3.05, 3.63) is 25.3 Å². The number of fused-ring (bicyclic) bond motifs is 1. The number of rotatable bonds is 14. The number of aliphatic hydroxyl groups excluding tert-OH is 1. The van der Waals surface area contributed by atoms with Gasteiger partial charge in [-0.3, -0.25) is 14.4 Å². The number of nitrogens with zero attached hydrogens (tertiary/aromatic N) is 2. The van der Waals surface area contributed by atoms with Crippen LogP contribution < -0.4 is 0 Å². The second kappa shape index (κ2) is 11.2. The minimum absolute atomic E-state index is 0.188. The number of esters is 1. The normalized spacial score (nSPS) is 31.8. The number of unbranched alkanes of at least 4 members (excludes halogenated alkanes) is 2. The van der Waals surface area contributed by atoms with E-state index in [-0.39, 0.29) is 25.0 Å². The monoisotopic (exact) mass is 490 g/mol. The molecule has 3 rings (SSSR count). The Labute approximate surface area is 209 Å². The van der Waals surface area contributed by atoms with Gasteiger partial charge in [-0.15, -0.1) is 13.2 Å². The molecule has 0 aromatic heterocycles. The predicted molar refractivity (Wildman–Crippen MR) is 132 cm³/mol. The molecule has 0 saturated carbocycles. The maximum Gasteiger partial charge on any atom is 0.312 e. The van der Waals surface area contributed by atoms with Crippen molar-refractivity contribution in [3.8, 4) is 0 Å². The van der Waals surface area contributed by atoms with Crippen molar-refractivity contribution in [2.75, 3.05) is 26.3 Å². The quantitative estimate of drug-likeness (QED) is 0.229. The summed E-state index contributed by atoms with van der Waals surface area (Å²) < 4.78 is 12.1. The lowest BCUT2D eigenvalue weighted by Crippen LogP contribution is -2.58. The third-order valence-electron chi connectivity index (χ3n) is 8.04. The number of hydrogen-bond acceptors (Lipinski definition) is 6. The van der Waals surface area contributed by atoms with E-state index in [0.717, 1.165) is 19.3 Å². The fraction of sp³-hybridized carbons (Fsp3) is 0.741. The van der Waals surface area contributed by atoms with Crippen LogP contribution >= 0.6 is 0 Å². The maximum atomic E-state index is 14.1. The Morgan fingerprint density at radius 2 is 2.03 bits per heavy atom. The minimum atomic E-state index is -1.11. The number of amides is 2. The smallest absolute Gasteiger partial charge is 0.312 e. The fourth-order valence-corrected chi connectivity index (χ4v) is 6.31. The largest absolute Gasteiger partial charge is 0.465 e. The lowest BCUT2D eigenvalue weighted by Gasteiger charge is -2.39. The average molecular weight is 491 g/mol. The lowest BCUT2D eigenvalue weighted by molar-refractivity contribution is -0.162. The summed E-state index contributed by atoms with van der Waals surface area (Å²) in [7, 11) is 0. The molecule has 2 amide bonds. The Balaban J connectivity index is 2.02. The van der Waals surface area contributed by atoms with Gasteiger partial charge in [-0.25, -0.2) is 0 Å². The van der Waals surface area contributed by atoms with Crippen LogP contribution in [0, 0.1) is 11.8 Å². The molecule has 0 aromatic carbocycles. The molecule has 2 bridgehead atoms. The van der Waals surface area contributed by atoms with Gasteiger partial charge in [-0.2, -0.15) is 0 Å². The molecule has 8 heteroatoms. The second-order valence-corrected chi connectivity index (χ2v) is 10.2. The molecule has 3 saturated heterocycles. The van der Waals surface area contributed by atoms with Gasteiger partial charge in [0, 0.05) is 13.1 Å². The summed E-state index contributed by atoms with van der Waals surface area (Å²) >= 11 is 0. The summed E-state index contributed by atoms with van der Waals surface area (Å²) in [4.78, 5) is 44.6. The van der Waals surface area contributed by atoms with Gasteiger partial charge in [0.1, 0.15) is 17.6 Å². The van der Waals surface area contributed by atoms with Crippen molar-refractivity contribution in [2.45, 2.75) is 89.0 Å². The highest BCUT2D eigenvalue weighted by atomic mass is 16.6. The van der Waals surface area contributed by atoms with E-state index in [0.29, 0.717) is 38.8 Å². The molecule has 8 nitrogen and oxygen atoms in total. The van der Waals surface area contributed by atoms with Crippen molar-refractivity contribution in [1.82, 2.24) is 9.80 Å². The molecule has 35 heavy (non-hydrogen) atoms. The molecule has 0 aliphatic carbocycles. The third-order valence-corrected chi connectivity index (χ3v) is 8.04. The van der Waals surface area contributed by atoms with E-state index in [9.17, 15) is 19.5 Å². The van der Waals surface area contributed by atoms with Crippen molar-refractivity contribution in [1.29, 1.82) is 0 Å². The first-order valence-corrected chi connectivity index (χ1v) is 13.1. The van der Waals surface area contributed by atoms with Crippen LogP contribution in [0.1, 0.15) is 65.7 Å². The maximum absolute atomic E-state index is 14.1. The zero-order valence-corrected chi connectivity index (χ0v) is 21.5. The molecule has 3 aliphatic heterocycles. The van der Waals surface area contributed by atoms with Crippen LogP contribution in [0.15, 0.2) is 25.3 Å². The first kappa shape index (κ1) is 27.4. The third kappa shape index (κ3) is 4.67. The Morgan fingerprint density at radius 1 is 1.29 bits per heavy atom. The highest BCUT2D eigenvalue weighted by Gasteiger charge is 2.79. The van der Waals surface area contributed by atoms with Gasteiger partial charge in [-0.1, -0.05) is 38.8 Å². The van der Waals surface area contributed by atoms with Crippen molar-refractivity contribution in [2.24, 2.45) is 11.8 Å². The molecule has 0 radical (unpaired) electrons. The van der Waals surface area contributed by atoms with Crippen LogP contribution in [0.4, 0.5) is 0 Å². The summed E-state index contributed by atoms with van der Waals surface area (Å²) in [5, 5.41) is 10.1. The molecular weight excluding hydrogens is 448 g/mol. The van der Waals surface area contributed by atoms with Gasteiger partial charge in [-0.05, 0) is 39.0 Å². The van der Waals surface area contributed by atoms with Crippen LogP contribution in [-0.4, -0.2) is 82.3 Å². The van der Waals surface area contributed by atoms with Gasteiger partial charge in [0.05, 0.1) is 30.8 Å². The van der Waals surface area contributed by atoms with Crippen molar-refractivity contribution < 1.29 is 29.0 Å². The number of ether oxygens (including phenoxy) is 2. The number of hydrogen-bond donors (Lipinski definition) is 1. The van der Waals surface area contributed by atoms with Crippen molar-refractivity contribution >= 4 is 17.8 Å². The molecule has 3 aliphatic rings. The van der Waals surface area contributed by atoms with E-state index in [1.165, 1.54) is 4.90 Å². The molecule has 2 unspecified atom stereocenters. The SMILES string of the molecule is C=CCCOC(=O)[C@H]1[C@H]2C(=O)N([C@@H](CC)CO)C(C(=O)N(CC=C)CCCCC)C23CC[C@]1(C)O3. The van der Waals surface area contributed by atoms with Gasteiger partial charge in [0.2, 0.25) is 11.8 Å². The number of carbonyl (C=O) groups excluding carboxylic acids is 3. The highest BCUT2D eigenvalue weighted by molar-refractivity contribution is 5.98. The zero-order chi connectivity index (χ0) is 25.8. The summed E-state index contributed by atoms with van der Waals surface area (Å²) in [6, 6.07) is -1.43. The molecule has 196 valence electrons. The van der Waals surface area contributed by atoms with Gasteiger partial charge in [0.15, 0.2) is 0 Å². The van der Waals surface area contributed by atoms with Crippen molar-refractivity contribution in [3.63, 3.8) is 0 Å². The van der Waals surface area contributed by atoms with E-state index in [1.54, 1.807) is 17.1 Å². The topological polar surface area (TPSA) is 96.4 Å². The fourth-order valence-electron chi connectivity index (χ4n) is 6.31. The first-order valence-electron chi connectivity index (χ1n) is 13.1. The molecular formula is C27H42N2O6. The molecule has 0 aromatic rings. The van der Waals surface area contributed by atoms with Gasteiger partial charge in [0.25, 0.3) is 0 Å². The van der Waals surface area contributed by atoms with E-state index in [2.05, 4.69) is 20.1 Å². The average Bonchev–Trinajstić information content (AvgIpc) is 3.40. The number of likely N-dealkylation sites (tertiary alicyclic amines) is 1. The van der Waals surface area contributed by atoms with E-state index in [4.69, 9.17) is 9.47 Å². The Bertz CT molecular complexity index is 826. The van der Waals surface area contributed by atoms with Crippen LogP contribution in [0.25, 0.3) is 0 Å². The Hall–Kier alpha value is -2.19. The van der Waals surface area contributed by atoms with E-state index < -0.39 is 41.1 Å². The Morgan fingerprint density at radius 3 is 2.63 bits per heavy atom. The number of aliphatic hydroxyl groups is 1. The lowest BCUT2D eigenvalue weighted by atomic mass is 9.66. The molecule has 3 fully saturated rings. The second-order valence-electron chi connectivity index (χ2n) is 10.2. The summed E-state index contributed by atoms with van der Waals surface area (Å²) in [6.45, 7) is 14.2. The standard InChI is InChI=1S/C27H42N2O6/c1-6-10-12-16-28(15-8-3)24(32)22-27-14-13-26(5,35-27)21(25(33)34-17-11-7-2)20(27)23(31)29(22)19(9-4)18-30/h7-8,19-22,30H,2-3,6,9-18H2,1,4-5H3/t19-,20-,21+,22?,26-,27?/m0/s1. The van der Waals surface area contributed by atoms with Crippen LogP contribution in [0.3, 0.4) is 0 Å². The number of carbonyl (C=O) groups is 3. The zero-order valence-electron chi connectivity index (χ0n) is 21.5. The summed E-state index contributed by atoms with van der Waals surface area (Å²) in [5.41, 5.74) is -1.99. The van der Waals surface area contributed by atoms with Crippen LogP contribution in [0.2, 0.25) is 0 Å². The molecule has 1 spiro atoms. The molecule has 1 N–H and O–H groups in total. The summed E-state index contributed by atoms with van der Waals surface area (Å²) in [5.74, 6) is -2.57. The van der Waals surface area contributed by atoms with E-state index >= 15 is 0 Å². The summed E-state index contributed by atoms with van der Waals surface area (Å²) in [6.07, 6.45) is 8.29. The predicted octanol–water partition coefficient (Wildman–Crippen LogP) is 2.85. The van der Waals surface area contributed by atoms with Crippen LogP contribution in [-0.2, 0) is 23.9 Å². The van der Waals surface area contributed by atoms with E-state index in [1.807, 2.05) is 13.8 Å². The minimum Gasteiger partial charge on any atom is -0.465 e. The van der Waals surface area contributed by atoms with Crippen LogP contribution in [0.5, 0.6) is 0 Å². The highest BCUT2D eigenvalue weighted by Crippen LogP contribution is 2.63. The molecule has 6 atom stereocenters.